The van der Waals surface area contributed by atoms with Crippen molar-refractivity contribution in [3.8, 4) is 5.75 Å². The average Bonchev–Trinajstić information content (AvgIpc) is 4.03. The first kappa shape index (κ1) is 36.9. The van der Waals surface area contributed by atoms with Crippen LogP contribution >= 0.6 is 0 Å². The van der Waals surface area contributed by atoms with Crippen molar-refractivity contribution in [2.45, 2.75) is 62.4 Å². The van der Waals surface area contributed by atoms with Gasteiger partial charge in [0, 0.05) is 18.2 Å². The third kappa shape index (κ3) is 7.65. The fraction of sp³-hybridized carbons (Fsp3) is 0.297. The Hall–Kier alpha value is -4.89. The van der Waals surface area contributed by atoms with Crippen LogP contribution in [0.15, 0.2) is 65.6 Å². The van der Waals surface area contributed by atoms with E-state index in [9.17, 15) is 45.1 Å². The first-order valence-electron chi connectivity index (χ1n) is 16.4. The molecule has 0 spiro atoms. The molecule has 0 saturated heterocycles. The van der Waals surface area contributed by atoms with Crippen LogP contribution in [0.3, 0.4) is 0 Å². The monoisotopic (exact) mass is 746 g/mol. The molecule has 2 fully saturated rings. The molecular formula is C37H32F6N2O6S. The molecule has 6 rings (SSSR count). The SMILES string of the molecule is CCOc1cc(C(=O)O)ccc1N(Cc1cc(C2CC2)cc(C2CC2)c1)C(=O)CN(Cc1cccc(F)c1F)S(=O)(=O)c1cc(F)c(F)c(F)c1F. The van der Waals surface area contributed by atoms with Crippen LogP contribution in [0.1, 0.15) is 77.1 Å². The van der Waals surface area contributed by atoms with Gasteiger partial charge in [-0.25, -0.2) is 39.6 Å². The van der Waals surface area contributed by atoms with Gasteiger partial charge in [0.05, 0.1) is 30.9 Å². The standard InChI is InChI=1S/C37H32F6N2O6S/c1-2-51-30-15-23(37(47)48)10-11-29(30)45(17-20-12-25(21-6-7-21)14-26(13-20)22-8-9-22)32(46)19-44(18-24-4-3-5-27(38)33(24)40)52(49,50)31-16-28(39)34(41)36(43)35(31)42/h3-5,10-16,21-22H,2,6-9,17-19H2,1H3,(H,47,48). The predicted molar refractivity (Wildman–Crippen MR) is 176 cm³/mol. The highest BCUT2D eigenvalue weighted by molar-refractivity contribution is 7.89. The number of carbonyl (C=O) groups is 2. The van der Waals surface area contributed by atoms with Crippen LogP contribution < -0.4 is 9.64 Å². The number of carboxylic acids is 1. The number of hydrogen-bond donors (Lipinski definition) is 1. The number of hydrogen-bond acceptors (Lipinski definition) is 5. The molecule has 52 heavy (non-hydrogen) atoms. The summed E-state index contributed by atoms with van der Waals surface area (Å²) in [5.41, 5.74) is 1.97. The quantitative estimate of drug-likeness (QED) is 0.0803. The van der Waals surface area contributed by atoms with Crippen LogP contribution in [-0.2, 0) is 27.9 Å². The minimum Gasteiger partial charge on any atom is -0.492 e. The van der Waals surface area contributed by atoms with Crippen molar-refractivity contribution in [2.24, 2.45) is 0 Å². The Labute approximate surface area is 295 Å². The Morgan fingerprint density at radius 2 is 1.44 bits per heavy atom. The third-order valence-electron chi connectivity index (χ3n) is 8.95. The third-order valence-corrected chi connectivity index (χ3v) is 10.7. The molecule has 0 radical (unpaired) electrons. The molecule has 1 N–H and O–H groups in total. The maximum Gasteiger partial charge on any atom is 0.335 e. The van der Waals surface area contributed by atoms with E-state index in [-0.39, 0.29) is 40.5 Å². The number of benzene rings is 4. The van der Waals surface area contributed by atoms with Gasteiger partial charge in [0.1, 0.15) is 10.6 Å². The summed E-state index contributed by atoms with van der Waals surface area (Å²) >= 11 is 0. The van der Waals surface area contributed by atoms with E-state index in [1.807, 2.05) is 12.1 Å². The normalized spacial score (nSPS) is 14.5. The fourth-order valence-electron chi connectivity index (χ4n) is 5.97. The Kier molecular flexibility index (Phi) is 10.4. The molecule has 2 aliphatic rings. The van der Waals surface area contributed by atoms with Gasteiger partial charge in [-0.3, -0.25) is 4.79 Å². The molecular weight excluding hydrogens is 714 g/mol. The van der Waals surface area contributed by atoms with Crippen molar-refractivity contribution >= 4 is 27.6 Å². The minimum absolute atomic E-state index is 0.0148. The lowest BCUT2D eigenvalue weighted by atomic mass is 9.99. The molecule has 0 unspecified atom stereocenters. The smallest absolute Gasteiger partial charge is 0.335 e. The summed E-state index contributed by atoms with van der Waals surface area (Å²) in [6.45, 7) is -0.918. The molecule has 274 valence electrons. The zero-order chi connectivity index (χ0) is 37.5. The Morgan fingerprint density at radius 3 is 2.04 bits per heavy atom. The molecule has 4 aromatic carbocycles. The number of anilines is 1. The maximum atomic E-state index is 15.0. The van der Waals surface area contributed by atoms with Gasteiger partial charge in [-0.1, -0.05) is 30.3 Å². The van der Waals surface area contributed by atoms with Crippen molar-refractivity contribution in [2.75, 3.05) is 18.1 Å². The molecule has 8 nitrogen and oxygen atoms in total. The number of nitrogens with zero attached hydrogens (tertiary/aromatic N) is 2. The summed E-state index contributed by atoms with van der Waals surface area (Å²) in [7, 11) is -5.50. The van der Waals surface area contributed by atoms with Crippen LogP contribution in [0.4, 0.5) is 32.0 Å². The largest absolute Gasteiger partial charge is 0.492 e. The summed E-state index contributed by atoms with van der Waals surface area (Å²) in [6, 6.07) is 12.3. The van der Waals surface area contributed by atoms with Crippen molar-refractivity contribution in [3.63, 3.8) is 0 Å². The maximum absolute atomic E-state index is 15.0. The van der Waals surface area contributed by atoms with E-state index < -0.39 is 80.4 Å². The molecule has 0 atom stereocenters. The molecule has 1 amide bonds. The highest BCUT2D eigenvalue weighted by Gasteiger charge is 2.36. The Bertz CT molecular complexity index is 2140. The van der Waals surface area contributed by atoms with Gasteiger partial charge < -0.3 is 14.7 Å². The van der Waals surface area contributed by atoms with E-state index in [2.05, 4.69) is 6.07 Å². The summed E-state index contributed by atoms with van der Waals surface area (Å²) in [5, 5.41) is 9.63. The molecule has 2 saturated carbocycles. The number of carboxylic acid groups (broad SMARTS) is 1. The van der Waals surface area contributed by atoms with Gasteiger partial charge in [0.2, 0.25) is 15.9 Å². The fourth-order valence-corrected chi connectivity index (χ4v) is 7.41. The number of sulfonamides is 1. The molecule has 0 aliphatic heterocycles. The zero-order valence-corrected chi connectivity index (χ0v) is 28.5. The van der Waals surface area contributed by atoms with E-state index in [4.69, 9.17) is 4.74 Å². The number of rotatable bonds is 14. The van der Waals surface area contributed by atoms with Crippen LogP contribution in [-0.4, -0.2) is 42.9 Å². The van der Waals surface area contributed by atoms with Crippen LogP contribution in [0.5, 0.6) is 5.75 Å². The van der Waals surface area contributed by atoms with E-state index in [0.717, 1.165) is 59.9 Å². The van der Waals surface area contributed by atoms with Gasteiger partial charge in [0.15, 0.2) is 34.9 Å². The van der Waals surface area contributed by atoms with Crippen molar-refractivity contribution in [1.82, 2.24) is 4.31 Å². The van der Waals surface area contributed by atoms with Gasteiger partial charge in [-0.15, -0.1) is 0 Å². The summed E-state index contributed by atoms with van der Waals surface area (Å²) < 4.78 is 120. The molecule has 4 aromatic rings. The molecule has 15 heteroatoms. The van der Waals surface area contributed by atoms with Crippen LogP contribution in [0.25, 0.3) is 0 Å². The molecule has 0 heterocycles. The number of halogens is 6. The van der Waals surface area contributed by atoms with E-state index in [1.165, 1.54) is 18.2 Å². The lowest BCUT2D eigenvalue weighted by Gasteiger charge is -2.29. The van der Waals surface area contributed by atoms with Crippen LogP contribution in [0, 0.1) is 34.9 Å². The van der Waals surface area contributed by atoms with E-state index in [0.29, 0.717) is 17.4 Å². The summed E-state index contributed by atoms with van der Waals surface area (Å²) in [4.78, 5) is 25.7. The van der Waals surface area contributed by atoms with E-state index >= 15 is 4.39 Å². The van der Waals surface area contributed by atoms with Gasteiger partial charge >= 0.3 is 5.97 Å². The van der Waals surface area contributed by atoms with Crippen molar-refractivity contribution < 1.29 is 54.2 Å². The summed E-state index contributed by atoms with van der Waals surface area (Å²) in [5.74, 6) is -13.7. The number of amides is 1. The van der Waals surface area contributed by atoms with E-state index in [1.54, 1.807) is 6.92 Å². The van der Waals surface area contributed by atoms with Crippen molar-refractivity contribution in [3.05, 3.63) is 123 Å². The lowest BCUT2D eigenvalue weighted by molar-refractivity contribution is -0.119. The topological polar surface area (TPSA) is 104 Å². The van der Waals surface area contributed by atoms with Gasteiger partial charge in [-0.2, -0.15) is 4.31 Å². The number of aromatic carboxylic acids is 1. The number of carbonyl (C=O) groups excluding carboxylic acids is 1. The second-order valence-corrected chi connectivity index (χ2v) is 14.6. The van der Waals surface area contributed by atoms with Crippen LogP contribution in [0.2, 0.25) is 0 Å². The second-order valence-electron chi connectivity index (χ2n) is 12.7. The van der Waals surface area contributed by atoms with Gasteiger partial charge in [-0.05, 0) is 85.4 Å². The Morgan fingerprint density at radius 1 is 0.788 bits per heavy atom. The molecule has 0 bridgehead atoms. The average molecular weight is 747 g/mol. The van der Waals surface area contributed by atoms with Gasteiger partial charge in [0.25, 0.3) is 0 Å². The number of ether oxygens (including phenoxy) is 1. The Balaban J connectivity index is 1.47. The zero-order valence-electron chi connectivity index (χ0n) is 27.6. The summed E-state index contributed by atoms with van der Waals surface area (Å²) in [6.07, 6.45) is 3.91. The minimum atomic E-state index is -5.50. The lowest BCUT2D eigenvalue weighted by Crippen LogP contribution is -2.43. The molecule has 2 aliphatic carbocycles. The highest BCUT2D eigenvalue weighted by Crippen LogP contribution is 2.46. The van der Waals surface area contributed by atoms with Crippen molar-refractivity contribution in [1.29, 1.82) is 0 Å². The highest BCUT2D eigenvalue weighted by atomic mass is 32.2. The molecule has 0 aromatic heterocycles. The first-order valence-corrected chi connectivity index (χ1v) is 17.8. The first-order chi connectivity index (χ1) is 24.7. The predicted octanol–water partition coefficient (Wildman–Crippen LogP) is 7.80. The second kappa shape index (κ2) is 14.6.